The van der Waals surface area contributed by atoms with Gasteiger partial charge in [-0.3, -0.25) is 0 Å². The molecule has 0 aliphatic carbocycles. The third-order valence-electron chi connectivity index (χ3n) is 2.52. The molecule has 2 heterocycles. The highest BCUT2D eigenvalue weighted by molar-refractivity contribution is 7.12. The summed E-state index contributed by atoms with van der Waals surface area (Å²) >= 11 is 1.80. The number of hydrogen-bond acceptors (Lipinski definition) is 4. The fourth-order valence-corrected chi connectivity index (χ4v) is 2.53. The van der Waals surface area contributed by atoms with E-state index >= 15 is 0 Å². The summed E-state index contributed by atoms with van der Waals surface area (Å²) in [6.45, 7) is 4.25. The second kappa shape index (κ2) is 5.19. The lowest BCUT2D eigenvalue weighted by Crippen LogP contribution is -2.06. The van der Waals surface area contributed by atoms with Gasteiger partial charge in [-0.15, -0.1) is 11.3 Å². The molecule has 0 saturated carbocycles. The van der Waals surface area contributed by atoms with Crippen molar-refractivity contribution in [2.24, 2.45) is 0 Å². The minimum atomic E-state index is 0.256. The fourth-order valence-electron chi connectivity index (χ4n) is 1.65. The molecule has 0 aliphatic rings. The number of pyridine rings is 1. The predicted molar refractivity (Wildman–Crippen MR) is 71.9 cm³/mol. The van der Waals surface area contributed by atoms with Crippen molar-refractivity contribution in [3.63, 3.8) is 0 Å². The zero-order valence-corrected chi connectivity index (χ0v) is 11.0. The quantitative estimate of drug-likeness (QED) is 0.897. The minimum Gasteiger partial charge on any atom is -0.480 e. The monoisotopic (exact) mass is 248 g/mol. The molecule has 0 spiro atoms. The maximum atomic E-state index is 5.22. The van der Waals surface area contributed by atoms with Crippen LogP contribution >= 0.6 is 11.3 Å². The van der Waals surface area contributed by atoms with Crippen molar-refractivity contribution in [3.8, 4) is 5.88 Å². The van der Waals surface area contributed by atoms with Gasteiger partial charge in [0.1, 0.15) is 0 Å². The molecule has 0 saturated heterocycles. The van der Waals surface area contributed by atoms with E-state index in [0.29, 0.717) is 5.88 Å². The third kappa shape index (κ3) is 2.77. The first-order chi connectivity index (χ1) is 8.20. The van der Waals surface area contributed by atoms with E-state index in [4.69, 9.17) is 4.74 Å². The Hall–Kier alpha value is -1.55. The summed E-state index contributed by atoms with van der Waals surface area (Å²) in [4.78, 5) is 6.81. The summed E-state index contributed by atoms with van der Waals surface area (Å²) in [5, 5.41) is 3.41. The molecule has 0 bridgehead atoms. The SMILES string of the molecule is COc1ncccc1NC(C)c1ccc(C)s1. The average Bonchev–Trinajstić information content (AvgIpc) is 2.77. The van der Waals surface area contributed by atoms with Gasteiger partial charge in [0.15, 0.2) is 0 Å². The molecular weight excluding hydrogens is 232 g/mol. The van der Waals surface area contributed by atoms with Gasteiger partial charge in [0.05, 0.1) is 18.8 Å². The minimum absolute atomic E-state index is 0.256. The molecule has 3 nitrogen and oxygen atoms in total. The second-order valence-electron chi connectivity index (χ2n) is 3.87. The molecule has 0 radical (unpaired) electrons. The highest BCUT2D eigenvalue weighted by Crippen LogP contribution is 2.28. The van der Waals surface area contributed by atoms with E-state index in [0.717, 1.165) is 5.69 Å². The number of nitrogens with zero attached hydrogens (tertiary/aromatic N) is 1. The maximum Gasteiger partial charge on any atom is 0.237 e. The van der Waals surface area contributed by atoms with Gasteiger partial charge in [-0.2, -0.15) is 0 Å². The third-order valence-corrected chi connectivity index (χ3v) is 3.71. The van der Waals surface area contributed by atoms with Crippen LogP contribution in [0.2, 0.25) is 0 Å². The van der Waals surface area contributed by atoms with Crippen LogP contribution in [0.15, 0.2) is 30.5 Å². The molecule has 2 rings (SSSR count). The molecule has 2 aromatic heterocycles. The van der Waals surface area contributed by atoms with Crippen LogP contribution in [0, 0.1) is 6.92 Å². The van der Waals surface area contributed by atoms with Crippen molar-refractivity contribution in [3.05, 3.63) is 40.2 Å². The summed E-state index contributed by atoms with van der Waals surface area (Å²) in [6, 6.07) is 8.42. The predicted octanol–water partition coefficient (Wildman–Crippen LogP) is 3.63. The summed E-state index contributed by atoms with van der Waals surface area (Å²) in [5.41, 5.74) is 0.925. The Morgan fingerprint density at radius 3 is 2.82 bits per heavy atom. The van der Waals surface area contributed by atoms with E-state index in [1.165, 1.54) is 9.75 Å². The van der Waals surface area contributed by atoms with Crippen LogP contribution in [0.5, 0.6) is 5.88 Å². The van der Waals surface area contributed by atoms with Crippen LogP contribution in [0.1, 0.15) is 22.7 Å². The van der Waals surface area contributed by atoms with Crippen LogP contribution in [-0.2, 0) is 0 Å². The Labute approximate surface area is 105 Å². The highest BCUT2D eigenvalue weighted by atomic mass is 32.1. The molecule has 0 aromatic carbocycles. The van der Waals surface area contributed by atoms with E-state index < -0.39 is 0 Å². The topological polar surface area (TPSA) is 34.1 Å². The Morgan fingerprint density at radius 1 is 1.35 bits per heavy atom. The Balaban J connectivity index is 2.15. The van der Waals surface area contributed by atoms with E-state index in [-0.39, 0.29) is 6.04 Å². The molecule has 17 heavy (non-hydrogen) atoms. The van der Waals surface area contributed by atoms with E-state index in [9.17, 15) is 0 Å². The lowest BCUT2D eigenvalue weighted by atomic mass is 10.2. The zero-order valence-electron chi connectivity index (χ0n) is 10.2. The first-order valence-electron chi connectivity index (χ1n) is 5.52. The van der Waals surface area contributed by atoms with Crippen LogP contribution in [0.25, 0.3) is 0 Å². The molecule has 0 amide bonds. The largest absolute Gasteiger partial charge is 0.480 e. The standard InChI is InChI=1S/C13H16N2OS/c1-9-6-7-12(17-9)10(2)15-11-5-4-8-14-13(11)16-3/h4-8,10,15H,1-3H3. The first-order valence-corrected chi connectivity index (χ1v) is 6.34. The number of ether oxygens (including phenoxy) is 1. The van der Waals surface area contributed by atoms with Crippen molar-refractivity contribution in [2.75, 3.05) is 12.4 Å². The summed E-state index contributed by atoms with van der Waals surface area (Å²) in [6.07, 6.45) is 1.73. The fraction of sp³-hybridized carbons (Fsp3) is 0.308. The van der Waals surface area contributed by atoms with E-state index in [1.807, 2.05) is 12.1 Å². The number of aryl methyl sites for hydroxylation is 1. The molecular formula is C13H16N2OS. The molecule has 1 N–H and O–H groups in total. The number of methoxy groups -OCH3 is 1. The van der Waals surface area contributed by atoms with Gasteiger partial charge in [0.2, 0.25) is 5.88 Å². The average molecular weight is 248 g/mol. The van der Waals surface area contributed by atoms with Gasteiger partial charge in [-0.05, 0) is 38.1 Å². The Morgan fingerprint density at radius 2 is 2.18 bits per heavy atom. The van der Waals surface area contributed by atoms with Gasteiger partial charge in [-0.1, -0.05) is 0 Å². The zero-order chi connectivity index (χ0) is 12.3. The Bertz CT molecular complexity index is 496. The molecule has 0 aliphatic heterocycles. The number of anilines is 1. The van der Waals surface area contributed by atoms with Crippen LogP contribution in [-0.4, -0.2) is 12.1 Å². The molecule has 2 aromatic rings. The van der Waals surface area contributed by atoms with Crippen molar-refractivity contribution >= 4 is 17.0 Å². The van der Waals surface area contributed by atoms with Gasteiger partial charge < -0.3 is 10.1 Å². The van der Waals surface area contributed by atoms with Gasteiger partial charge in [0.25, 0.3) is 0 Å². The summed E-state index contributed by atoms with van der Waals surface area (Å²) in [7, 11) is 1.63. The lowest BCUT2D eigenvalue weighted by Gasteiger charge is -2.15. The van der Waals surface area contributed by atoms with E-state index in [1.54, 1.807) is 24.6 Å². The maximum absolute atomic E-state index is 5.22. The van der Waals surface area contributed by atoms with Gasteiger partial charge in [0, 0.05) is 16.0 Å². The number of thiophene rings is 1. The van der Waals surface area contributed by atoms with Gasteiger partial charge in [-0.25, -0.2) is 4.98 Å². The van der Waals surface area contributed by atoms with Crippen molar-refractivity contribution in [1.82, 2.24) is 4.98 Å². The first kappa shape index (κ1) is 11.9. The smallest absolute Gasteiger partial charge is 0.237 e. The van der Waals surface area contributed by atoms with Crippen LogP contribution in [0.4, 0.5) is 5.69 Å². The number of aromatic nitrogens is 1. The summed E-state index contributed by atoms with van der Waals surface area (Å²) < 4.78 is 5.22. The van der Waals surface area contributed by atoms with Crippen molar-refractivity contribution < 1.29 is 4.74 Å². The Kier molecular flexibility index (Phi) is 3.64. The number of rotatable bonds is 4. The second-order valence-corrected chi connectivity index (χ2v) is 5.19. The van der Waals surface area contributed by atoms with Crippen LogP contribution < -0.4 is 10.1 Å². The van der Waals surface area contributed by atoms with Crippen molar-refractivity contribution in [2.45, 2.75) is 19.9 Å². The molecule has 1 atom stereocenters. The summed E-state index contributed by atoms with van der Waals surface area (Å²) in [5.74, 6) is 0.632. The normalized spacial score (nSPS) is 12.2. The molecule has 0 fully saturated rings. The van der Waals surface area contributed by atoms with Crippen LogP contribution in [0.3, 0.4) is 0 Å². The molecule has 1 unspecified atom stereocenters. The van der Waals surface area contributed by atoms with E-state index in [2.05, 4.69) is 36.3 Å². The number of hydrogen-bond donors (Lipinski definition) is 1. The van der Waals surface area contributed by atoms with Crippen molar-refractivity contribution in [1.29, 1.82) is 0 Å². The molecule has 4 heteroatoms. The molecule has 90 valence electrons. The van der Waals surface area contributed by atoms with Gasteiger partial charge >= 0.3 is 0 Å². The number of nitrogens with one attached hydrogen (secondary N) is 1. The highest BCUT2D eigenvalue weighted by Gasteiger charge is 2.10. The lowest BCUT2D eigenvalue weighted by molar-refractivity contribution is 0.399.